The van der Waals surface area contributed by atoms with Gasteiger partial charge in [-0.2, -0.15) is 0 Å². The van der Waals surface area contributed by atoms with Gasteiger partial charge in [0.15, 0.2) is 0 Å². The lowest BCUT2D eigenvalue weighted by molar-refractivity contribution is 0.303. The van der Waals surface area contributed by atoms with E-state index >= 15 is 0 Å². The number of nitrogens with zero attached hydrogens (tertiary/aromatic N) is 3. The fraction of sp³-hybridized carbons (Fsp3) is 0.364. The Balaban J connectivity index is 0.00000225. The highest BCUT2D eigenvalue weighted by Gasteiger charge is 2.12. The standard InChI is InChI=1S/C22H27N5.3ClH.H2O/c1-4-27(5-2)12-6-9-24-22-18-13-17-19-14-23-10-8-20(19)26-21(17)15(3)16(18)7-11-25-22;;;;/h7-8,10-11,13-14,26H,4-6,9,12H2,1-3H3,(H,24,25);3*1H;1H2. The zero-order chi connectivity index (χ0) is 18.8. The Morgan fingerprint density at radius 2 is 1.71 bits per heavy atom. The van der Waals surface area contributed by atoms with E-state index in [2.05, 4.69) is 58.1 Å². The van der Waals surface area contributed by atoms with Gasteiger partial charge in [-0.15, -0.1) is 37.2 Å². The van der Waals surface area contributed by atoms with Gasteiger partial charge in [-0.25, -0.2) is 4.98 Å². The number of benzene rings is 1. The number of aromatic nitrogens is 3. The van der Waals surface area contributed by atoms with Crippen LogP contribution in [0.4, 0.5) is 5.82 Å². The Hall–Kier alpha value is -1.83. The van der Waals surface area contributed by atoms with Crippen molar-refractivity contribution in [2.24, 2.45) is 0 Å². The molecule has 0 aliphatic heterocycles. The Bertz CT molecular complexity index is 1100. The van der Waals surface area contributed by atoms with Gasteiger partial charge < -0.3 is 20.7 Å². The Morgan fingerprint density at radius 3 is 2.42 bits per heavy atom. The first-order valence-electron chi connectivity index (χ1n) is 9.82. The van der Waals surface area contributed by atoms with E-state index in [-0.39, 0.29) is 42.7 Å². The van der Waals surface area contributed by atoms with Crippen molar-refractivity contribution >= 4 is 75.6 Å². The van der Waals surface area contributed by atoms with Crippen LogP contribution < -0.4 is 5.32 Å². The van der Waals surface area contributed by atoms with Gasteiger partial charge in [-0.1, -0.05) is 13.8 Å². The maximum atomic E-state index is 4.63. The summed E-state index contributed by atoms with van der Waals surface area (Å²) in [5.41, 5.74) is 3.57. The molecule has 4 N–H and O–H groups in total. The fourth-order valence-corrected chi connectivity index (χ4v) is 3.92. The van der Waals surface area contributed by atoms with Crippen molar-refractivity contribution in [3.05, 3.63) is 42.4 Å². The third-order valence-electron chi connectivity index (χ3n) is 5.54. The van der Waals surface area contributed by atoms with E-state index in [1.165, 1.54) is 27.2 Å². The number of nitrogens with one attached hydrogen (secondary N) is 2. The summed E-state index contributed by atoms with van der Waals surface area (Å²) in [6, 6.07) is 6.39. The molecule has 4 aromatic rings. The monoisotopic (exact) mass is 487 g/mol. The highest BCUT2D eigenvalue weighted by atomic mass is 35.5. The third kappa shape index (κ3) is 5.70. The first-order chi connectivity index (χ1) is 13.2. The van der Waals surface area contributed by atoms with Crippen LogP contribution in [0.3, 0.4) is 0 Å². The van der Waals surface area contributed by atoms with Crippen molar-refractivity contribution in [1.29, 1.82) is 0 Å². The summed E-state index contributed by atoms with van der Waals surface area (Å²) in [7, 11) is 0. The Labute approximate surface area is 201 Å². The van der Waals surface area contributed by atoms with Crippen molar-refractivity contribution < 1.29 is 5.48 Å². The summed E-state index contributed by atoms with van der Waals surface area (Å²) in [5.74, 6) is 0.968. The van der Waals surface area contributed by atoms with Crippen LogP contribution >= 0.6 is 37.2 Å². The summed E-state index contributed by atoms with van der Waals surface area (Å²) in [4.78, 5) is 14.9. The number of anilines is 1. The molecule has 31 heavy (non-hydrogen) atoms. The van der Waals surface area contributed by atoms with E-state index in [0.717, 1.165) is 49.3 Å². The average molecular weight is 489 g/mol. The first kappa shape index (κ1) is 29.2. The molecule has 0 aliphatic rings. The van der Waals surface area contributed by atoms with Crippen LogP contribution in [-0.2, 0) is 0 Å². The predicted molar refractivity (Wildman–Crippen MR) is 140 cm³/mol. The van der Waals surface area contributed by atoms with Crippen LogP contribution in [0, 0.1) is 6.92 Å². The maximum Gasteiger partial charge on any atom is 0.133 e. The van der Waals surface area contributed by atoms with Crippen LogP contribution in [0.1, 0.15) is 25.8 Å². The van der Waals surface area contributed by atoms with Crippen molar-refractivity contribution in [3.8, 4) is 0 Å². The molecule has 0 spiro atoms. The van der Waals surface area contributed by atoms with Crippen molar-refractivity contribution in [1.82, 2.24) is 19.9 Å². The number of rotatable bonds is 7. The van der Waals surface area contributed by atoms with Gasteiger partial charge in [0.05, 0.1) is 5.52 Å². The molecule has 0 aliphatic carbocycles. The first-order valence-corrected chi connectivity index (χ1v) is 9.82. The number of aromatic amines is 1. The minimum atomic E-state index is 0. The highest BCUT2D eigenvalue weighted by Crippen LogP contribution is 2.34. The molecule has 0 saturated heterocycles. The SMILES string of the molecule is CCN(CC)CCCNc1nccc2c(C)c3[nH]c4ccncc4c3cc12.Cl.Cl.Cl.O. The molecule has 0 bridgehead atoms. The van der Waals surface area contributed by atoms with Crippen molar-refractivity contribution in [2.45, 2.75) is 27.2 Å². The minimum Gasteiger partial charge on any atom is -0.412 e. The third-order valence-corrected chi connectivity index (χ3v) is 5.54. The Kier molecular flexibility index (Phi) is 12.1. The van der Waals surface area contributed by atoms with Gasteiger partial charge >= 0.3 is 0 Å². The molecule has 172 valence electrons. The van der Waals surface area contributed by atoms with E-state index in [0.29, 0.717) is 0 Å². The number of halogens is 3. The largest absolute Gasteiger partial charge is 0.412 e. The van der Waals surface area contributed by atoms with E-state index < -0.39 is 0 Å². The number of fused-ring (bicyclic) bond motifs is 4. The molecule has 3 heterocycles. The molecule has 0 atom stereocenters. The van der Waals surface area contributed by atoms with Gasteiger partial charge in [-0.3, -0.25) is 4.98 Å². The van der Waals surface area contributed by atoms with Crippen LogP contribution in [0.15, 0.2) is 36.8 Å². The molecule has 0 unspecified atom stereocenters. The topological polar surface area (TPSA) is 88.3 Å². The zero-order valence-electron chi connectivity index (χ0n) is 18.1. The maximum absolute atomic E-state index is 4.63. The molecule has 9 heteroatoms. The molecule has 0 saturated carbocycles. The van der Waals surface area contributed by atoms with Gasteiger partial charge in [0.25, 0.3) is 0 Å². The van der Waals surface area contributed by atoms with Gasteiger partial charge in [0.2, 0.25) is 0 Å². The lowest BCUT2D eigenvalue weighted by Crippen LogP contribution is -2.25. The molecule has 0 fully saturated rings. The quantitative estimate of drug-likeness (QED) is 0.352. The second-order valence-electron chi connectivity index (χ2n) is 7.03. The van der Waals surface area contributed by atoms with Crippen molar-refractivity contribution in [2.75, 3.05) is 31.5 Å². The summed E-state index contributed by atoms with van der Waals surface area (Å²) in [5, 5.41) is 8.35. The van der Waals surface area contributed by atoms with Crippen LogP contribution in [0.2, 0.25) is 0 Å². The molecule has 0 amide bonds. The number of hydrogen-bond donors (Lipinski definition) is 2. The smallest absolute Gasteiger partial charge is 0.133 e. The van der Waals surface area contributed by atoms with Crippen LogP contribution in [0.5, 0.6) is 0 Å². The van der Waals surface area contributed by atoms with E-state index in [1.54, 1.807) is 0 Å². The molecule has 3 aromatic heterocycles. The van der Waals surface area contributed by atoms with Crippen LogP contribution in [0.25, 0.3) is 32.6 Å². The molecular weight excluding hydrogens is 457 g/mol. The van der Waals surface area contributed by atoms with E-state index in [4.69, 9.17) is 0 Å². The summed E-state index contributed by atoms with van der Waals surface area (Å²) >= 11 is 0. The molecular formula is C22H32Cl3N5O. The lowest BCUT2D eigenvalue weighted by atomic mass is 10.0. The van der Waals surface area contributed by atoms with Crippen molar-refractivity contribution in [3.63, 3.8) is 0 Å². The number of pyridine rings is 2. The normalized spacial score (nSPS) is 10.3. The Morgan fingerprint density at radius 1 is 0.968 bits per heavy atom. The molecule has 6 nitrogen and oxygen atoms in total. The molecule has 1 aromatic carbocycles. The average Bonchev–Trinajstić information content (AvgIpc) is 3.08. The summed E-state index contributed by atoms with van der Waals surface area (Å²) < 4.78 is 0. The molecule has 0 radical (unpaired) electrons. The number of H-pyrrole nitrogens is 1. The van der Waals surface area contributed by atoms with Gasteiger partial charge in [0.1, 0.15) is 5.82 Å². The molecule has 4 rings (SSSR count). The predicted octanol–water partition coefficient (Wildman–Crippen LogP) is 5.16. The second kappa shape index (κ2) is 12.9. The zero-order valence-corrected chi connectivity index (χ0v) is 20.5. The summed E-state index contributed by atoms with van der Waals surface area (Å²) in [6.45, 7) is 10.9. The second-order valence-corrected chi connectivity index (χ2v) is 7.03. The fourth-order valence-electron chi connectivity index (χ4n) is 3.92. The number of hydrogen-bond acceptors (Lipinski definition) is 4. The lowest BCUT2D eigenvalue weighted by Gasteiger charge is -2.18. The summed E-state index contributed by atoms with van der Waals surface area (Å²) in [6.07, 6.45) is 6.78. The minimum absolute atomic E-state index is 0. The van der Waals surface area contributed by atoms with E-state index in [9.17, 15) is 0 Å². The van der Waals surface area contributed by atoms with Gasteiger partial charge in [0, 0.05) is 46.8 Å². The number of aryl methyl sites for hydroxylation is 1. The van der Waals surface area contributed by atoms with Gasteiger partial charge in [-0.05, 0) is 62.1 Å². The van der Waals surface area contributed by atoms with Crippen LogP contribution in [-0.4, -0.2) is 51.5 Å². The highest BCUT2D eigenvalue weighted by molar-refractivity contribution is 6.15. The van der Waals surface area contributed by atoms with E-state index in [1.807, 2.05) is 24.7 Å².